The second-order valence-electron chi connectivity index (χ2n) is 6.42. The van der Waals surface area contributed by atoms with E-state index in [9.17, 15) is 4.79 Å². The summed E-state index contributed by atoms with van der Waals surface area (Å²) < 4.78 is 0. The number of carbonyl (C=O) groups excluding carboxylic acids is 1. The van der Waals surface area contributed by atoms with Crippen molar-refractivity contribution in [3.05, 3.63) is 71.3 Å². The maximum Gasteiger partial charge on any atom is 0.254 e. The number of carbonyl (C=O) groups is 1. The van der Waals surface area contributed by atoms with Crippen molar-refractivity contribution in [2.75, 3.05) is 6.54 Å². The van der Waals surface area contributed by atoms with E-state index in [4.69, 9.17) is 0 Å². The van der Waals surface area contributed by atoms with Crippen LogP contribution in [0.5, 0.6) is 0 Å². The molecule has 2 atom stereocenters. The van der Waals surface area contributed by atoms with Gasteiger partial charge in [0.25, 0.3) is 5.91 Å². The van der Waals surface area contributed by atoms with Crippen molar-refractivity contribution in [1.82, 2.24) is 4.90 Å². The Morgan fingerprint density at radius 3 is 2.59 bits per heavy atom. The van der Waals surface area contributed by atoms with Gasteiger partial charge in [-0.3, -0.25) is 4.79 Å². The van der Waals surface area contributed by atoms with Crippen LogP contribution >= 0.6 is 0 Å². The molecule has 1 aliphatic carbocycles. The molecule has 0 aromatic heterocycles. The molecule has 2 heteroatoms. The maximum atomic E-state index is 12.9. The Kier molecular flexibility index (Phi) is 3.45. The summed E-state index contributed by atoms with van der Waals surface area (Å²) >= 11 is 0. The van der Waals surface area contributed by atoms with Gasteiger partial charge in [-0.1, -0.05) is 42.5 Å². The number of nitrogens with zero attached hydrogens (tertiary/aromatic N) is 1. The lowest BCUT2D eigenvalue weighted by Gasteiger charge is -2.45. The molecule has 0 spiro atoms. The van der Waals surface area contributed by atoms with E-state index in [0.29, 0.717) is 12.0 Å². The number of aryl methyl sites for hydroxylation is 1. The largest absolute Gasteiger partial charge is 0.335 e. The van der Waals surface area contributed by atoms with Crippen molar-refractivity contribution in [3.8, 4) is 0 Å². The predicted octanol–water partition coefficient (Wildman–Crippen LogP) is 4.02. The van der Waals surface area contributed by atoms with Crippen LogP contribution in [-0.2, 0) is 6.42 Å². The summed E-state index contributed by atoms with van der Waals surface area (Å²) in [5, 5.41) is 0. The Morgan fingerprint density at radius 1 is 0.955 bits per heavy atom. The van der Waals surface area contributed by atoms with Crippen LogP contribution < -0.4 is 0 Å². The Labute approximate surface area is 131 Å². The molecule has 1 amide bonds. The third-order valence-corrected chi connectivity index (χ3v) is 5.22. The number of hydrogen-bond donors (Lipinski definition) is 0. The van der Waals surface area contributed by atoms with Crippen molar-refractivity contribution in [3.63, 3.8) is 0 Å². The third kappa shape index (κ3) is 2.23. The standard InChI is InChI=1S/C20H21NO/c22-20(16-8-2-1-3-9-16)21-14-6-11-18-17-10-5-4-7-15(17)12-13-19(18)21/h1-5,7-10,18-19H,6,11-14H2/t18-,19?/m1/s1. The van der Waals surface area contributed by atoms with Crippen LogP contribution in [-0.4, -0.2) is 23.4 Å². The fraction of sp³-hybridized carbons (Fsp3) is 0.350. The van der Waals surface area contributed by atoms with Gasteiger partial charge in [-0.05, 0) is 48.9 Å². The van der Waals surface area contributed by atoms with E-state index < -0.39 is 0 Å². The van der Waals surface area contributed by atoms with Gasteiger partial charge in [0.05, 0.1) is 0 Å². The molecular formula is C20H21NO. The number of benzene rings is 2. The zero-order valence-electron chi connectivity index (χ0n) is 12.7. The summed E-state index contributed by atoms with van der Waals surface area (Å²) in [5.74, 6) is 0.723. The van der Waals surface area contributed by atoms with E-state index in [0.717, 1.165) is 31.4 Å². The number of hydrogen-bond acceptors (Lipinski definition) is 1. The van der Waals surface area contributed by atoms with Gasteiger partial charge in [0, 0.05) is 24.1 Å². The van der Waals surface area contributed by atoms with Crippen LogP contribution in [0.25, 0.3) is 0 Å². The average molecular weight is 291 g/mol. The van der Waals surface area contributed by atoms with Crippen molar-refractivity contribution >= 4 is 5.91 Å². The molecule has 22 heavy (non-hydrogen) atoms. The highest BCUT2D eigenvalue weighted by molar-refractivity contribution is 5.94. The number of likely N-dealkylation sites (tertiary alicyclic amines) is 1. The highest BCUT2D eigenvalue weighted by Gasteiger charge is 2.38. The van der Waals surface area contributed by atoms with Crippen LogP contribution in [0.1, 0.15) is 46.7 Å². The molecule has 112 valence electrons. The lowest BCUT2D eigenvalue weighted by atomic mass is 9.74. The summed E-state index contributed by atoms with van der Waals surface area (Å²) in [4.78, 5) is 15.0. The van der Waals surface area contributed by atoms with E-state index in [1.807, 2.05) is 30.3 Å². The van der Waals surface area contributed by atoms with Crippen molar-refractivity contribution in [2.45, 2.75) is 37.6 Å². The van der Waals surface area contributed by atoms with E-state index in [1.165, 1.54) is 17.5 Å². The predicted molar refractivity (Wildman–Crippen MR) is 88.0 cm³/mol. The van der Waals surface area contributed by atoms with E-state index in [-0.39, 0.29) is 5.91 Å². The van der Waals surface area contributed by atoms with Crippen LogP contribution in [0.3, 0.4) is 0 Å². The molecule has 0 saturated carbocycles. The van der Waals surface area contributed by atoms with Gasteiger partial charge in [0.1, 0.15) is 0 Å². The van der Waals surface area contributed by atoms with Crippen LogP contribution in [0.4, 0.5) is 0 Å². The number of rotatable bonds is 1. The quantitative estimate of drug-likeness (QED) is 0.777. The Bertz CT molecular complexity index is 679. The minimum atomic E-state index is 0.203. The first kappa shape index (κ1) is 13.6. The van der Waals surface area contributed by atoms with Crippen molar-refractivity contribution in [2.24, 2.45) is 0 Å². The molecule has 1 aliphatic heterocycles. The maximum absolute atomic E-state index is 12.9. The summed E-state index contributed by atoms with van der Waals surface area (Å²) in [7, 11) is 0. The molecule has 1 heterocycles. The summed E-state index contributed by atoms with van der Waals surface area (Å²) in [6, 6.07) is 18.9. The first-order chi connectivity index (χ1) is 10.8. The molecule has 4 rings (SSSR count). The van der Waals surface area contributed by atoms with E-state index in [1.54, 1.807) is 0 Å². The fourth-order valence-corrected chi connectivity index (χ4v) is 4.20. The molecule has 2 aromatic rings. The summed E-state index contributed by atoms with van der Waals surface area (Å²) in [5.41, 5.74) is 3.78. The normalized spacial score (nSPS) is 23.5. The van der Waals surface area contributed by atoms with Gasteiger partial charge < -0.3 is 4.90 Å². The number of fused-ring (bicyclic) bond motifs is 3. The first-order valence-corrected chi connectivity index (χ1v) is 8.28. The average Bonchev–Trinajstić information content (AvgIpc) is 2.61. The minimum absolute atomic E-state index is 0.203. The molecule has 0 radical (unpaired) electrons. The lowest BCUT2D eigenvalue weighted by molar-refractivity contribution is 0.0547. The molecule has 1 unspecified atom stereocenters. The van der Waals surface area contributed by atoms with Crippen molar-refractivity contribution in [1.29, 1.82) is 0 Å². The molecule has 2 aliphatic rings. The molecule has 0 N–H and O–H groups in total. The Balaban J connectivity index is 1.65. The molecular weight excluding hydrogens is 270 g/mol. The number of piperidine rings is 1. The highest BCUT2D eigenvalue weighted by Crippen LogP contribution is 2.40. The van der Waals surface area contributed by atoms with E-state index in [2.05, 4.69) is 29.2 Å². The van der Waals surface area contributed by atoms with E-state index >= 15 is 0 Å². The second kappa shape index (κ2) is 5.60. The molecule has 0 bridgehead atoms. The Morgan fingerprint density at radius 2 is 1.73 bits per heavy atom. The molecule has 1 saturated heterocycles. The number of amides is 1. The third-order valence-electron chi connectivity index (χ3n) is 5.22. The minimum Gasteiger partial charge on any atom is -0.335 e. The van der Waals surface area contributed by atoms with Gasteiger partial charge >= 0.3 is 0 Å². The monoisotopic (exact) mass is 291 g/mol. The van der Waals surface area contributed by atoms with Crippen LogP contribution in [0.2, 0.25) is 0 Å². The van der Waals surface area contributed by atoms with Gasteiger partial charge in [-0.15, -0.1) is 0 Å². The van der Waals surface area contributed by atoms with Gasteiger partial charge in [0.15, 0.2) is 0 Å². The van der Waals surface area contributed by atoms with Crippen molar-refractivity contribution < 1.29 is 4.79 Å². The Hall–Kier alpha value is -2.09. The fourth-order valence-electron chi connectivity index (χ4n) is 4.20. The molecule has 2 nitrogen and oxygen atoms in total. The highest BCUT2D eigenvalue weighted by atomic mass is 16.2. The second-order valence-corrected chi connectivity index (χ2v) is 6.42. The SMILES string of the molecule is O=C(c1ccccc1)N1CCC[C@@H]2c3ccccc3CCC21. The topological polar surface area (TPSA) is 20.3 Å². The van der Waals surface area contributed by atoms with Crippen LogP contribution in [0, 0.1) is 0 Å². The zero-order valence-corrected chi connectivity index (χ0v) is 12.7. The molecule has 2 aromatic carbocycles. The van der Waals surface area contributed by atoms with Crippen LogP contribution in [0.15, 0.2) is 54.6 Å². The van der Waals surface area contributed by atoms with Gasteiger partial charge in [0.2, 0.25) is 0 Å². The van der Waals surface area contributed by atoms with Gasteiger partial charge in [-0.2, -0.15) is 0 Å². The lowest BCUT2D eigenvalue weighted by Crippen LogP contribution is -2.49. The summed E-state index contributed by atoms with van der Waals surface area (Å²) in [6.07, 6.45) is 4.50. The van der Waals surface area contributed by atoms with Gasteiger partial charge in [-0.25, -0.2) is 0 Å². The smallest absolute Gasteiger partial charge is 0.254 e. The zero-order chi connectivity index (χ0) is 14.9. The first-order valence-electron chi connectivity index (χ1n) is 8.28. The molecule has 1 fully saturated rings. The summed E-state index contributed by atoms with van der Waals surface area (Å²) in [6.45, 7) is 0.900.